The van der Waals surface area contributed by atoms with E-state index in [0.29, 0.717) is 6.42 Å². The van der Waals surface area contributed by atoms with Gasteiger partial charge in [-0.2, -0.15) is 0 Å². The van der Waals surface area contributed by atoms with E-state index in [1.165, 1.54) is 23.8 Å². The van der Waals surface area contributed by atoms with Crippen LogP contribution in [0.1, 0.15) is 16.7 Å². The Hall–Kier alpha value is -1.74. The minimum Gasteiger partial charge on any atom is -0.315 e. The number of halogens is 2. The second-order valence-electron chi connectivity index (χ2n) is 5.63. The van der Waals surface area contributed by atoms with Crippen LogP contribution < -0.4 is 5.32 Å². The van der Waals surface area contributed by atoms with Crippen LogP contribution in [0, 0.1) is 18.6 Å². The maximum Gasteiger partial charge on any atom is 0.129 e. The SMILES string of the molecule is Cc1ccc(C2(Cc3c(F)cccc3F)CNC2)cc1. The standard InChI is InChI=1S/C17H17F2N/c1-12-5-7-13(8-6-12)17(10-20-11-17)9-14-15(18)3-2-4-16(14)19/h2-8,20H,9-11H2,1H3. The number of aryl methyl sites for hydroxylation is 1. The lowest BCUT2D eigenvalue weighted by atomic mass is 9.70. The number of nitrogens with one attached hydrogen (secondary N) is 1. The quantitative estimate of drug-likeness (QED) is 0.904. The molecular formula is C17H17F2N. The van der Waals surface area contributed by atoms with E-state index in [4.69, 9.17) is 0 Å². The van der Waals surface area contributed by atoms with Crippen LogP contribution in [0.5, 0.6) is 0 Å². The Bertz CT molecular complexity index is 595. The first-order chi connectivity index (χ1) is 9.61. The molecule has 1 heterocycles. The Kier molecular flexibility index (Phi) is 3.30. The van der Waals surface area contributed by atoms with Crippen LogP contribution in [0.15, 0.2) is 42.5 Å². The number of hydrogen-bond donors (Lipinski definition) is 1. The van der Waals surface area contributed by atoms with Gasteiger partial charge in [0.1, 0.15) is 11.6 Å². The van der Waals surface area contributed by atoms with Gasteiger partial charge >= 0.3 is 0 Å². The Morgan fingerprint density at radius 2 is 1.60 bits per heavy atom. The molecule has 0 unspecified atom stereocenters. The zero-order valence-electron chi connectivity index (χ0n) is 11.4. The summed E-state index contributed by atoms with van der Waals surface area (Å²) >= 11 is 0. The van der Waals surface area contributed by atoms with Crippen LogP contribution in [0.4, 0.5) is 8.78 Å². The van der Waals surface area contributed by atoms with Gasteiger partial charge in [0.2, 0.25) is 0 Å². The van der Waals surface area contributed by atoms with E-state index in [1.807, 2.05) is 19.1 Å². The van der Waals surface area contributed by atoms with E-state index in [2.05, 4.69) is 17.4 Å². The van der Waals surface area contributed by atoms with Gasteiger partial charge in [0.05, 0.1) is 0 Å². The molecule has 2 aromatic rings. The van der Waals surface area contributed by atoms with Crippen LogP contribution in [0.25, 0.3) is 0 Å². The van der Waals surface area contributed by atoms with Crippen molar-refractivity contribution in [3.8, 4) is 0 Å². The third-order valence-electron chi connectivity index (χ3n) is 4.17. The lowest BCUT2D eigenvalue weighted by Crippen LogP contribution is -2.58. The molecule has 0 spiro atoms. The number of benzene rings is 2. The van der Waals surface area contributed by atoms with E-state index in [1.54, 1.807) is 0 Å². The van der Waals surface area contributed by atoms with E-state index < -0.39 is 11.6 Å². The Balaban J connectivity index is 1.96. The van der Waals surface area contributed by atoms with E-state index >= 15 is 0 Å². The molecule has 3 rings (SSSR count). The molecule has 1 N–H and O–H groups in total. The molecule has 0 bridgehead atoms. The molecule has 0 aromatic heterocycles. The van der Waals surface area contributed by atoms with Gasteiger partial charge in [-0.15, -0.1) is 0 Å². The fourth-order valence-electron chi connectivity index (χ4n) is 2.80. The predicted molar refractivity (Wildman–Crippen MR) is 75.8 cm³/mol. The van der Waals surface area contributed by atoms with E-state index in [0.717, 1.165) is 18.7 Å². The first kappa shape index (κ1) is 13.3. The van der Waals surface area contributed by atoms with Gasteiger partial charge in [-0.1, -0.05) is 35.9 Å². The average Bonchev–Trinajstić information content (AvgIpc) is 2.38. The zero-order valence-corrected chi connectivity index (χ0v) is 11.4. The van der Waals surface area contributed by atoms with Crippen LogP contribution in [-0.4, -0.2) is 13.1 Å². The highest BCUT2D eigenvalue weighted by molar-refractivity contribution is 5.36. The Morgan fingerprint density at radius 3 is 2.10 bits per heavy atom. The smallest absolute Gasteiger partial charge is 0.129 e. The Morgan fingerprint density at radius 1 is 1.00 bits per heavy atom. The fraction of sp³-hybridized carbons (Fsp3) is 0.294. The molecule has 3 heteroatoms. The minimum absolute atomic E-state index is 0.189. The van der Waals surface area contributed by atoms with E-state index in [-0.39, 0.29) is 11.0 Å². The van der Waals surface area contributed by atoms with Crippen molar-refractivity contribution in [3.63, 3.8) is 0 Å². The van der Waals surface area contributed by atoms with Gasteiger partial charge in [0.25, 0.3) is 0 Å². The predicted octanol–water partition coefficient (Wildman–Crippen LogP) is 3.36. The monoisotopic (exact) mass is 273 g/mol. The molecule has 0 atom stereocenters. The van der Waals surface area contributed by atoms with E-state index in [9.17, 15) is 8.78 Å². The van der Waals surface area contributed by atoms with Crippen LogP contribution in [0.3, 0.4) is 0 Å². The topological polar surface area (TPSA) is 12.0 Å². The van der Waals surface area contributed by atoms with Crippen molar-refractivity contribution in [2.24, 2.45) is 0 Å². The second kappa shape index (κ2) is 4.98. The highest BCUT2D eigenvalue weighted by Gasteiger charge is 2.39. The largest absolute Gasteiger partial charge is 0.315 e. The van der Waals surface area contributed by atoms with Crippen LogP contribution in [0.2, 0.25) is 0 Å². The van der Waals surface area contributed by atoms with Crippen LogP contribution >= 0.6 is 0 Å². The van der Waals surface area contributed by atoms with Crippen molar-refractivity contribution in [2.75, 3.05) is 13.1 Å². The summed E-state index contributed by atoms with van der Waals surface area (Å²) in [5.41, 5.74) is 2.32. The molecule has 0 radical (unpaired) electrons. The van der Waals surface area contributed by atoms with Gasteiger partial charge in [-0.25, -0.2) is 8.78 Å². The third-order valence-corrected chi connectivity index (χ3v) is 4.17. The summed E-state index contributed by atoms with van der Waals surface area (Å²) in [4.78, 5) is 0. The zero-order chi connectivity index (χ0) is 14.2. The molecule has 0 amide bonds. The average molecular weight is 273 g/mol. The van der Waals surface area contributed by atoms with Crippen molar-refractivity contribution < 1.29 is 8.78 Å². The molecule has 0 saturated carbocycles. The van der Waals surface area contributed by atoms with Gasteiger partial charge in [-0.05, 0) is 31.0 Å². The second-order valence-corrected chi connectivity index (χ2v) is 5.63. The molecule has 104 valence electrons. The molecule has 20 heavy (non-hydrogen) atoms. The highest BCUT2D eigenvalue weighted by atomic mass is 19.1. The first-order valence-corrected chi connectivity index (χ1v) is 6.81. The van der Waals surface area contributed by atoms with Gasteiger partial charge in [0.15, 0.2) is 0 Å². The molecule has 1 fully saturated rings. The number of rotatable bonds is 3. The molecule has 0 aliphatic carbocycles. The summed E-state index contributed by atoms with van der Waals surface area (Å²) in [5.74, 6) is -0.910. The van der Waals surface area contributed by atoms with Crippen molar-refractivity contribution in [3.05, 3.63) is 70.8 Å². The normalized spacial score (nSPS) is 16.8. The Labute approximate surface area is 117 Å². The first-order valence-electron chi connectivity index (χ1n) is 6.81. The van der Waals surface area contributed by atoms with Crippen molar-refractivity contribution in [1.29, 1.82) is 0 Å². The summed E-state index contributed by atoms with van der Waals surface area (Å²) in [6.07, 6.45) is 0.390. The highest BCUT2D eigenvalue weighted by Crippen LogP contribution is 2.34. The summed E-state index contributed by atoms with van der Waals surface area (Å²) in [6.45, 7) is 3.54. The maximum absolute atomic E-state index is 13.9. The molecule has 1 aliphatic rings. The summed E-state index contributed by atoms with van der Waals surface area (Å²) in [5, 5.41) is 3.23. The molecule has 1 aliphatic heterocycles. The van der Waals surface area contributed by atoms with Gasteiger partial charge in [-0.3, -0.25) is 0 Å². The maximum atomic E-state index is 13.9. The lowest BCUT2D eigenvalue weighted by molar-refractivity contribution is 0.269. The van der Waals surface area contributed by atoms with Crippen LogP contribution in [-0.2, 0) is 11.8 Å². The summed E-state index contributed by atoms with van der Waals surface area (Å²) < 4.78 is 27.7. The van der Waals surface area contributed by atoms with Crippen molar-refractivity contribution >= 4 is 0 Å². The van der Waals surface area contributed by atoms with Gasteiger partial charge < -0.3 is 5.32 Å². The third kappa shape index (κ3) is 2.22. The molecule has 2 aromatic carbocycles. The molecular weight excluding hydrogens is 256 g/mol. The summed E-state index contributed by atoms with van der Waals surface area (Å²) in [6, 6.07) is 12.3. The lowest BCUT2D eigenvalue weighted by Gasteiger charge is -2.43. The summed E-state index contributed by atoms with van der Waals surface area (Å²) in [7, 11) is 0. The minimum atomic E-state index is -0.455. The number of hydrogen-bond acceptors (Lipinski definition) is 1. The molecule has 1 saturated heterocycles. The van der Waals surface area contributed by atoms with Crippen molar-refractivity contribution in [2.45, 2.75) is 18.8 Å². The fourth-order valence-corrected chi connectivity index (χ4v) is 2.80. The van der Waals surface area contributed by atoms with Crippen molar-refractivity contribution in [1.82, 2.24) is 5.32 Å². The molecule has 1 nitrogen and oxygen atoms in total. The van der Waals surface area contributed by atoms with Gasteiger partial charge in [0, 0.05) is 24.1 Å².